The molecule has 1 fully saturated rings. The van der Waals surface area contributed by atoms with E-state index in [9.17, 15) is 82.4 Å². The first-order valence-corrected chi connectivity index (χ1v) is 27.1. The number of aliphatic hydroxyl groups is 1. The number of likely N-dealkylation sites (tertiary alicyclic amines) is 1. The molecule has 30 nitrogen and oxygen atoms in total. The topological polar surface area (TPSA) is 465 Å². The van der Waals surface area contributed by atoms with Crippen molar-refractivity contribution in [3.63, 3.8) is 0 Å². The average molecular weight is 1170 g/mol. The molecule has 1 aliphatic heterocycles. The molecule has 83 heavy (non-hydrogen) atoms. The zero-order valence-electron chi connectivity index (χ0n) is 47.7. The molecular weight excluding hydrogens is 1090 g/mol. The first-order chi connectivity index (χ1) is 39.0. The summed E-state index contributed by atoms with van der Waals surface area (Å²) in [5.74, 6) is -14.4. The van der Waals surface area contributed by atoms with E-state index in [1.54, 1.807) is 51.2 Å². The Labute approximate surface area is 478 Å². The van der Waals surface area contributed by atoms with Crippen molar-refractivity contribution >= 4 is 93.7 Å². The Morgan fingerprint density at radius 1 is 0.663 bits per heavy atom. The summed E-state index contributed by atoms with van der Waals surface area (Å²) in [5.41, 5.74) is 6.60. The highest BCUT2D eigenvalue weighted by atomic mass is 16.4. The highest BCUT2D eigenvalue weighted by molar-refractivity contribution is 6.00. The second-order valence-corrected chi connectivity index (χ2v) is 20.8. The van der Waals surface area contributed by atoms with E-state index >= 15 is 0 Å². The van der Waals surface area contributed by atoms with Crippen molar-refractivity contribution in [2.75, 3.05) is 19.7 Å². The quantitative estimate of drug-likeness (QED) is 0.0326. The molecule has 1 aromatic heterocycles. The maximum absolute atomic E-state index is 14.3. The maximum Gasteiger partial charge on any atom is 0.326 e. The maximum atomic E-state index is 14.3. The van der Waals surface area contributed by atoms with Gasteiger partial charge in [-0.1, -0.05) is 52.3 Å². The van der Waals surface area contributed by atoms with Crippen LogP contribution in [-0.4, -0.2) is 188 Å². The zero-order valence-corrected chi connectivity index (χ0v) is 47.7. The number of amides is 12. The monoisotopic (exact) mass is 1170 g/mol. The number of rotatable bonds is 33. The van der Waals surface area contributed by atoms with E-state index in [1.165, 1.54) is 39.5 Å². The molecule has 2 heterocycles. The minimum Gasteiger partial charge on any atom is -0.481 e. The summed E-state index contributed by atoms with van der Waals surface area (Å²) in [6.45, 7) is 10.2. The Kier molecular flexibility index (Phi) is 27.0. The van der Waals surface area contributed by atoms with Crippen molar-refractivity contribution in [2.24, 2.45) is 17.6 Å². The van der Waals surface area contributed by atoms with Gasteiger partial charge >= 0.3 is 11.9 Å². The number of carbonyl (C=O) groups excluding carboxylic acids is 12. The molecule has 3 rings (SSSR count). The molecule has 30 heteroatoms. The number of aromatic nitrogens is 1. The number of primary amides is 1. The van der Waals surface area contributed by atoms with Crippen LogP contribution in [0.3, 0.4) is 0 Å². The molecule has 0 radical (unpaired) electrons. The number of H-pyrrole nitrogens is 1. The average Bonchev–Trinajstić information content (AvgIpc) is 4.32. The summed E-state index contributed by atoms with van der Waals surface area (Å²) in [4.78, 5) is 187. The minimum absolute atomic E-state index is 0.0539. The van der Waals surface area contributed by atoms with Gasteiger partial charge in [0.25, 0.3) is 0 Å². The number of hydrogen-bond acceptors (Lipinski definition) is 15. The van der Waals surface area contributed by atoms with E-state index in [-0.39, 0.29) is 38.1 Å². The second kappa shape index (κ2) is 32.7. The Balaban J connectivity index is 1.81. The fraction of sp³-hybridized carbons (Fsp3) is 0.585. The number of para-hydroxylation sites is 1. The number of carboxylic acid groups (broad SMARTS) is 2. The molecule has 0 aliphatic carbocycles. The van der Waals surface area contributed by atoms with Crippen LogP contribution in [0.25, 0.3) is 10.9 Å². The third-order valence-electron chi connectivity index (χ3n) is 13.6. The van der Waals surface area contributed by atoms with E-state index in [0.29, 0.717) is 22.9 Å². The molecule has 1 aliphatic rings. The number of hydrogen-bond donors (Lipinski definition) is 15. The van der Waals surface area contributed by atoms with Crippen molar-refractivity contribution in [2.45, 2.75) is 167 Å². The van der Waals surface area contributed by atoms with Crippen LogP contribution in [0.15, 0.2) is 30.5 Å². The lowest BCUT2D eigenvalue weighted by atomic mass is 9.97. The third kappa shape index (κ3) is 21.6. The van der Waals surface area contributed by atoms with Crippen LogP contribution in [0.1, 0.15) is 106 Å². The number of nitrogens with two attached hydrogens (primary N) is 1. The van der Waals surface area contributed by atoms with Gasteiger partial charge in [0.05, 0.1) is 19.6 Å². The second-order valence-electron chi connectivity index (χ2n) is 20.8. The molecule has 11 atom stereocenters. The van der Waals surface area contributed by atoms with Gasteiger partial charge in [0.15, 0.2) is 0 Å². The smallest absolute Gasteiger partial charge is 0.326 e. The molecule has 0 bridgehead atoms. The first-order valence-electron chi connectivity index (χ1n) is 27.1. The van der Waals surface area contributed by atoms with Crippen LogP contribution in [0.5, 0.6) is 0 Å². The van der Waals surface area contributed by atoms with Crippen LogP contribution in [0.4, 0.5) is 0 Å². The molecule has 0 spiro atoms. The van der Waals surface area contributed by atoms with Gasteiger partial charge in [0, 0.05) is 43.4 Å². The van der Waals surface area contributed by atoms with Crippen LogP contribution in [0, 0.1) is 11.8 Å². The number of nitrogens with zero attached hydrogens (tertiary/aromatic N) is 1. The van der Waals surface area contributed by atoms with Crippen molar-refractivity contribution in [1.82, 2.24) is 63.1 Å². The lowest BCUT2D eigenvalue weighted by Crippen LogP contribution is -2.61. The van der Waals surface area contributed by atoms with Crippen LogP contribution < -0.4 is 58.9 Å². The molecule has 0 unspecified atom stereocenters. The Morgan fingerprint density at radius 3 is 1.82 bits per heavy atom. The van der Waals surface area contributed by atoms with Gasteiger partial charge < -0.3 is 84.1 Å². The number of nitrogens with one attached hydrogen (secondary N) is 11. The van der Waals surface area contributed by atoms with E-state index in [4.69, 9.17) is 5.73 Å². The number of aliphatic carboxylic acids is 2. The van der Waals surface area contributed by atoms with Gasteiger partial charge in [-0.15, -0.1) is 0 Å². The normalized spacial score (nSPS) is 16.6. The predicted molar refractivity (Wildman–Crippen MR) is 294 cm³/mol. The van der Waals surface area contributed by atoms with Gasteiger partial charge in [-0.2, -0.15) is 0 Å². The summed E-state index contributed by atoms with van der Waals surface area (Å²) in [6, 6.07) is -7.41. The summed E-state index contributed by atoms with van der Waals surface area (Å²) in [5, 5.41) is 54.2. The molecule has 2 aromatic rings. The van der Waals surface area contributed by atoms with Crippen LogP contribution in [0.2, 0.25) is 0 Å². The van der Waals surface area contributed by atoms with Crippen LogP contribution >= 0.6 is 0 Å². The molecule has 12 amide bonds. The van der Waals surface area contributed by atoms with Crippen molar-refractivity contribution in [1.29, 1.82) is 0 Å². The Morgan fingerprint density at radius 2 is 1.22 bits per heavy atom. The molecule has 0 saturated carbocycles. The summed E-state index contributed by atoms with van der Waals surface area (Å²) in [6.07, 6.45) is 0.408. The minimum atomic E-state index is -1.86. The molecule has 458 valence electrons. The van der Waals surface area contributed by atoms with Gasteiger partial charge in [0.2, 0.25) is 70.9 Å². The number of aromatic amines is 1. The standard InChI is InChI=1S/C53H79N13O17/c1-9-26(4)43(65-49(78)36(21-42(71)72)61-46(75)29(7)58-45(74)28(6)57-30(8)68)52(81)64-38(24-67)50(79)60-34(16-17-40(54)69)47(76)62-35(20-31-22-55-33-14-11-10-13-32(31)33)48(77)59-27(5)44(73)56-23-41(70)66-18-12-15-39(66)51(80)63-37(53(82)83)19-25(2)3/h10-11,13-14,22,25-29,34-39,43,55,67H,9,12,15-21,23-24H2,1-8H3,(H2,54,69)(H,56,73)(H,57,68)(H,58,74)(H,59,77)(H,60,79)(H,61,75)(H,62,76)(H,63,80)(H,64,81)(H,65,78)(H,71,72)(H,82,83)/t26-,27-,28-,29-,34-,35-,36-,37-,38-,39-,43-/m0/s1. The highest BCUT2D eigenvalue weighted by Gasteiger charge is 2.38. The van der Waals surface area contributed by atoms with Crippen molar-refractivity contribution in [3.8, 4) is 0 Å². The fourth-order valence-electron chi connectivity index (χ4n) is 8.79. The van der Waals surface area contributed by atoms with Gasteiger partial charge in [-0.3, -0.25) is 62.3 Å². The van der Waals surface area contributed by atoms with E-state index in [2.05, 4.69) is 58.2 Å². The number of carboxylic acids is 2. The van der Waals surface area contributed by atoms with Crippen molar-refractivity contribution < 1.29 is 82.4 Å². The SMILES string of the molecule is CC[C@H](C)[C@H](NC(=O)[C@H](CC(=O)O)NC(=O)[C@H](C)NC(=O)[C@H](C)NC(C)=O)C(=O)N[C@@H](CO)C(=O)N[C@@H](CCC(N)=O)C(=O)N[C@@H](Cc1c[nH]c2ccccc12)C(=O)N[C@@H](C)C(=O)NCC(=O)N1CCC[C@H]1C(=O)N[C@@H](CC(C)C)C(=O)O. The first kappa shape index (κ1) is 68.6. The van der Waals surface area contributed by atoms with Crippen molar-refractivity contribution in [3.05, 3.63) is 36.0 Å². The number of carbonyl (C=O) groups is 14. The summed E-state index contributed by atoms with van der Waals surface area (Å²) < 4.78 is 0. The van der Waals surface area contributed by atoms with E-state index < -0.39 is 182 Å². The highest BCUT2D eigenvalue weighted by Crippen LogP contribution is 2.21. The van der Waals surface area contributed by atoms with Gasteiger partial charge in [-0.25, -0.2) is 4.79 Å². The number of fused-ring (bicyclic) bond motifs is 1. The fourth-order valence-corrected chi connectivity index (χ4v) is 8.79. The largest absolute Gasteiger partial charge is 0.481 e. The van der Waals surface area contributed by atoms with E-state index in [1.807, 2.05) is 0 Å². The zero-order chi connectivity index (χ0) is 62.4. The number of aliphatic hydroxyl groups excluding tert-OH is 1. The van der Waals surface area contributed by atoms with Crippen LogP contribution in [-0.2, 0) is 73.5 Å². The molecule has 16 N–H and O–H groups in total. The summed E-state index contributed by atoms with van der Waals surface area (Å²) in [7, 11) is 0. The van der Waals surface area contributed by atoms with E-state index in [0.717, 1.165) is 0 Å². The predicted octanol–water partition coefficient (Wildman–Crippen LogP) is -3.83. The summed E-state index contributed by atoms with van der Waals surface area (Å²) >= 11 is 0. The Hall–Kier alpha value is -8.70. The molecular formula is C53H79N13O17. The van der Waals surface area contributed by atoms with Gasteiger partial charge in [-0.05, 0) is 69.9 Å². The van der Waals surface area contributed by atoms with Gasteiger partial charge in [0.1, 0.15) is 60.4 Å². The molecule has 1 aromatic carbocycles. The third-order valence-corrected chi connectivity index (χ3v) is 13.6. The molecule has 1 saturated heterocycles. The lowest BCUT2D eigenvalue weighted by molar-refractivity contribution is -0.144. The Bertz CT molecular complexity index is 2720. The number of benzene rings is 1. The lowest BCUT2D eigenvalue weighted by Gasteiger charge is -2.29.